The van der Waals surface area contributed by atoms with Gasteiger partial charge in [0.25, 0.3) is 5.91 Å². The van der Waals surface area contributed by atoms with Crippen molar-refractivity contribution in [1.29, 1.82) is 0 Å². The average Bonchev–Trinajstić information content (AvgIpc) is 2.74. The lowest BCUT2D eigenvalue weighted by atomic mass is 10.1. The maximum atomic E-state index is 13.1. The van der Waals surface area contributed by atoms with Gasteiger partial charge in [-0.15, -0.1) is 0 Å². The fraction of sp³-hybridized carbons (Fsp3) is 0.250. The average molecular weight is 391 g/mol. The van der Waals surface area contributed by atoms with E-state index in [4.69, 9.17) is 0 Å². The molecule has 0 aliphatic carbocycles. The van der Waals surface area contributed by atoms with Gasteiger partial charge in [0.15, 0.2) is 0 Å². The van der Waals surface area contributed by atoms with Crippen LogP contribution < -0.4 is 5.32 Å². The number of carbonyl (C=O) groups is 1. The molecule has 3 aromatic rings. The number of carbonyl (C=O) groups excluding carboxylic acids is 1. The molecule has 150 valence electrons. The quantitative estimate of drug-likeness (QED) is 0.592. The van der Waals surface area contributed by atoms with E-state index < -0.39 is 0 Å². The molecule has 0 atom stereocenters. The molecule has 2 aromatic carbocycles. The highest BCUT2D eigenvalue weighted by molar-refractivity contribution is 5.93. The van der Waals surface area contributed by atoms with Crippen molar-refractivity contribution >= 4 is 11.6 Å². The number of nitrogens with one attached hydrogen (secondary N) is 1. The van der Waals surface area contributed by atoms with Crippen LogP contribution in [0.4, 0.5) is 10.1 Å². The largest absolute Gasteiger partial charge is 0.385 e. The highest BCUT2D eigenvalue weighted by atomic mass is 19.1. The Morgan fingerprint density at radius 1 is 1.03 bits per heavy atom. The van der Waals surface area contributed by atoms with Crippen molar-refractivity contribution in [3.8, 4) is 0 Å². The number of halogens is 1. The minimum atomic E-state index is -0.232. The zero-order valence-electron chi connectivity index (χ0n) is 16.8. The molecule has 1 amide bonds. The van der Waals surface area contributed by atoms with Gasteiger partial charge < -0.3 is 10.2 Å². The third kappa shape index (κ3) is 5.88. The number of amides is 1. The number of pyridine rings is 1. The van der Waals surface area contributed by atoms with E-state index in [1.165, 1.54) is 12.1 Å². The van der Waals surface area contributed by atoms with Gasteiger partial charge in [-0.25, -0.2) is 4.39 Å². The molecule has 4 nitrogen and oxygen atoms in total. The smallest absolute Gasteiger partial charge is 0.273 e. The molecule has 5 heteroatoms. The summed E-state index contributed by atoms with van der Waals surface area (Å²) in [4.78, 5) is 19.2. The summed E-state index contributed by atoms with van der Waals surface area (Å²) in [5, 5.41) is 3.32. The van der Waals surface area contributed by atoms with Crippen LogP contribution in [0.3, 0.4) is 0 Å². The van der Waals surface area contributed by atoms with E-state index >= 15 is 0 Å². The molecule has 1 heterocycles. The number of hydrogen-bond acceptors (Lipinski definition) is 3. The zero-order valence-corrected chi connectivity index (χ0v) is 16.8. The molecular weight excluding hydrogens is 365 g/mol. The van der Waals surface area contributed by atoms with Gasteiger partial charge in [-0.3, -0.25) is 9.78 Å². The van der Waals surface area contributed by atoms with Crippen LogP contribution in [0, 0.1) is 5.82 Å². The maximum Gasteiger partial charge on any atom is 0.273 e. The molecule has 0 fully saturated rings. The van der Waals surface area contributed by atoms with Crippen molar-refractivity contribution in [2.45, 2.75) is 32.9 Å². The first-order chi connectivity index (χ1) is 14.0. The standard InChI is InChI=1S/C24H26FN3O/c1-18(2)28(17-20-6-4-3-5-7-20)24(29)23-16-22(13-15-27-23)26-14-12-19-8-10-21(25)11-9-19/h3-11,13,15-16,18H,12,14,17H2,1-2H3,(H,26,27). The van der Waals surface area contributed by atoms with Crippen LogP contribution in [0.25, 0.3) is 0 Å². The van der Waals surface area contributed by atoms with Crippen LogP contribution in [0.5, 0.6) is 0 Å². The van der Waals surface area contributed by atoms with E-state index in [0.29, 0.717) is 18.8 Å². The Labute approximate surface area is 171 Å². The summed E-state index contributed by atoms with van der Waals surface area (Å²) < 4.78 is 13.0. The van der Waals surface area contributed by atoms with Crippen molar-refractivity contribution in [2.24, 2.45) is 0 Å². The number of anilines is 1. The van der Waals surface area contributed by atoms with Crippen LogP contribution in [0.1, 0.15) is 35.5 Å². The highest BCUT2D eigenvalue weighted by Gasteiger charge is 2.20. The number of nitrogens with zero attached hydrogens (tertiary/aromatic N) is 2. The molecule has 3 rings (SSSR count). The lowest BCUT2D eigenvalue weighted by molar-refractivity contribution is 0.0684. The lowest BCUT2D eigenvalue weighted by Gasteiger charge is -2.26. The minimum absolute atomic E-state index is 0.0552. The van der Waals surface area contributed by atoms with Gasteiger partial charge in [-0.05, 0) is 55.7 Å². The summed E-state index contributed by atoms with van der Waals surface area (Å²) in [6, 6.07) is 20.1. The summed E-state index contributed by atoms with van der Waals surface area (Å²) in [5.74, 6) is -0.324. The number of hydrogen-bond donors (Lipinski definition) is 1. The second-order valence-electron chi connectivity index (χ2n) is 7.25. The number of aromatic nitrogens is 1. The van der Waals surface area contributed by atoms with E-state index in [2.05, 4.69) is 10.3 Å². The first-order valence-electron chi connectivity index (χ1n) is 9.82. The number of rotatable bonds is 8. The SMILES string of the molecule is CC(C)N(Cc1ccccc1)C(=O)c1cc(NCCc2ccc(F)cc2)ccn1. The van der Waals surface area contributed by atoms with Crippen LogP contribution in [-0.2, 0) is 13.0 Å². The van der Waals surface area contributed by atoms with E-state index in [1.807, 2.05) is 55.1 Å². The highest BCUT2D eigenvalue weighted by Crippen LogP contribution is 2.15. The summed E-state index contributed by atoms with van der Waals surface area (Å²) in [5.41, 5.74) is 3.40. The van der Waals surface area contributed by atoms with Crippen molar-refractivity contribution < 1.29 is 9.18 Å². The van der Waals surface area contributed by atoms with Crippen molar-refractivity contribution in [2.75, 3.05) is 11.9 Å². The molecule has 0 bridgehead atoms. The molecule has 1 N–H and O–H groups in total. The Bertz CT molecular complexity index is 926. The van der Waals surface area contributed by atoms with Crippen molar-refractivity contribution in [3.63, 3.8) is 0 Å². The lowest BCUT2D eigenvalue weighted by Crippen LogP contribution is -2.36. The summed E-state index contributed by atoms with van der Waals surface area (Å²) in [7, 11) is 0. The zero-order chi connectivity index (χ0) is 20.6. The maximum absolute atomic E-state index is 13.1. The molecule has 1 aromatic heterocycles. The summed E-state index contributed by atoms with van der Waals surface area (Å²) >= 11 is 0. The molecule has 0 saturated carbocycles. The Hall–Kier alpha value is -3.21. The topological polar surface area (TPSA) is 45.2 Å². The van der Waals surface area contributed by atoms with Crippen LogP contribution in [-0.4, -0.2) is 28.4 Å². The van der Waals surface area contributed by atoms with Gasteiger partial charge in [-0.1, -0.05) is 42.5 Å². The van der Waals surface area contributed by atoms with Gasteiger partial charge in [0.2, 0.25) is 0 Å². The predicted molar refractivity (Wildman–Crippen MR) is 114 cm³/mol. The third-order valence-corrected chi connectivity index (χ3v) is 4.72. The van der Waals surface area contributed by atoms with Crippen molar-refractivity contribution in [1.82, 2.24) is 9.88 Å². The first kappa shape index (κ1) is 20.5. The van der Waals surface area contributed by atoms with Gasteiger partial charge in [0.1, 0.15) is 11.5 Å². The van der Waals surface area contributed by atoms with Crippen molar-refractivity contribution in [3.05, 3.63) is 95.6 Å². The monoisotopic (exact) mass is 391 g/mol. The minimum Gasteiger partial charge on any atom is -0.385 e. The summed E-state index contributed by atoms with van der Waals surface area (Å²) in [6.45, 7) is 5.24. The van der Waals surface area contributed by atoms with E-state index in [1.54, 1.807) is 24.4 Å². The fourth-order valence-electron chi connectivity index (χ4n) is 3.08. The molecule has 0 radical (unpaired) electrons. The number of benzene rings is 2. The van der Waals surface area contributed by atoms with Crippen LogP contribution >= 0.6 is 0 Å². The second-order valence-corrected chi connectivity index (χ2v) is 7.25. The molecule has 0 aliphatic rings. The van der Waals surface area contributed by atoms with Gasteiger partial charge in [0.05, 0.1) is 0 Å². The van der Waals surface area contributed by atoms with Gasteiger partial charge in [-0.2, -0.15) is 0 Å². The van der Waals surface area contributed by atoms with Gasteiger partial charge >= 0.3 is 0 Å². The molecular formula is C24H26FN3O. The predicted octanol–water partition coefficient (Wildman–Crippen LogP) is 4.93. The molecule has 0 saturated heterocycles. The first-order valence-corrected chi connectivity index (χ1v) is 9.82. The Morgan fingerprint density at radius 2 is 1.76 bits per heavy atom. The third-order valence-electron chi connectivity index (χ3n) is 4.72. The summed E-state index contributed by atoms with van der Waals surface area (Å²) in [6.07, 6.45) is 2.41. The fourth-order valence-corrected chi connectivity index (χ4v) is 3.08. The normalized spacial score (nSPS) is 10.8. The van der Waals surface area contributed by atoms with E-state index in [0.717, 1.165) is 23.2 Å². The van der Waals surface area contributed by atoms with Crippen LogP contribution in [0.15, 0.2) is 72.9 Å². The second kappa shape index (κ2) is 9.82. The van der Waals surface area contributed by atoms with E-state index in [9.17, 15) is 9.18 Å². The molecule has 0 spiro atoms. The Balaban J connectivity index is 1.64. The van der Waals surface area contributed by atoms with Crippen LogP contribution in [0.2, 0.25) is 0 Å². The molecule has 29 heavy (non-hydrogen) atoms. The Morgan fingerprint density at radius 3 is 2.45 bits per heavy atom. The van der Waals surface area contributed by atoms with E-state index in [-0.39, 0.29) is 17.8 Å². The molecule has 0 aliphatic heterocycles. The molecule has 0 unspecified atom stereocenters. The Kier molecular flexibility index (Phi) is 6.95. The van der Waals surface area contributed by atoms with Gasteiger partial charge in [0, 0.05) is 31.0 Å².